The zero-order valence-electron chi connectivity index (χ0n) is 25.3. The molecule has 3 N–H and O–H groups in total. The highest BCUT2D eigenvalue weighted by atomic mass is 19.1. The number of hydrogen-bond acceptors (Lipinski definition) is 8. The Bertz CT molecular complexity index is 1460. The van der Waals surface area contributed by atoms with E-state index in [9.17, 15) is 23.2 Å². The molecule has 2 saturated heterocycles. The molecule has 0 bridgehead atoms. The number of nitrogens with one attached hydrogen (secondary N) is 2. The van der Waals surface area contributed by atoms with E-state index in [-0.39, 0.29) is 19.4 Å². The van der Waals surface area contributed by atoms with Crippen LogP contribution in [-0.4, -0.2) is 85.5 Å². The van der Waals surface area contributed by atoms with Crippen LogP contribution in [0.1, 0.15) is 43.0 Å². The molecule has 9 nitrogen and oxygen atoms in total. The molecule has 0 saturated carbocycles. The van der Waals surface area contributed by atoms with Crippen molar-refractivity contribution in [1.29, 1.82) is 0 Å². The highest BCUT2D eigenvalue weighted by Crippen LogP contribution is 2.42. The molecule has 244 valence electrons. The largest absolute Gasteiger partial charge is 0.497 e. The molecule has 13 heteroatoms. The smallest absolute Gasteiger partial charge is 0.249 e. The van der Waals surface area contributed by atoms with Crippen LogP contribution in [0.2, 0.25) is 0 Å². The number of morpholine rings is 1. The number of amides is 1. The van der Waals surface area contributed by atoms with E-state index >= 15 is 4.39 Å². The van der Waals surface area contributed by atoms with Gasteiger partial charge in [-0.2, -0.15) is 0 Å². The average molecular weight is 634 g/mol. The standard InChI is InChI=1S/C32H39F4N5O4/c1-44-23-2-3-28-24(18-23)29(21(19-38-28)20-41-12-14-45-15-13-41)25(34)4-5-32(31(42)39-43)6-9-40(10-7-32)11-8-37-30-26(35)16-22(33)17-27(30)36/h2-3,16-19,25,37,43H,4-15,20H2,1H3,(H,39,42). The summed E-state index contributed by atoms with van der Waals surface area (Å²) in [6.07, 6.45) is 1.27. The first-order valence-electron chi connectivity index (χ1n) is 15.2. The number of likely N-dealkylation sites (tertiary alicyclic amines) is 1. The Morgan fingerprint density at radius 1 is 1.09 bits per heavy atom. The van der Waals surface area contributed by atoms with Crippen LogP contribution in [0.5, 0.6) is 5.75 Å². The minimum absolute atomic E-state index is 0.0462. The van der Waals surface area contributed by atoms with Crippen molar-refractivity contribution in [2.24, 2.45) is 5.41 Å². The second-order valence-corrected chi connectivity index (χ2v) is 11.7. The molecule has 45 heavy (non-hydrogen) atoms. The topological polar surface area (TPSA) is 99.2 Å². The third-order valence-electron chi connectivity index (χ3n) is 9.02. The molecule has 2 aromatic carbocycles. The van der Waals surface area contributed by atoms with Crippen molar-refractivity contribution >= 4 is 22.5 Å². The lowest BCUT2D eigenvalue weighted by atomic mass is 9.73. The van der Waals surface area contributed by atoms with Gasteiger partial charge < -0.3 is 19.7 Å². The fourth-order valence-electron chi connectivity index (χ4n) is 6.37. The minimum Gasteiger partial charge on any atom is -0.497 e. The second kappa shape index (κ2) is 14.7. The highest BCUT2D eigenvalue weighted by Gasteiger charge is 2.41. The van der Waals surface area contributed by atoms with Crippen molar-refractivity contribution in [3.8, 4) is 5.75 Å². The van der Waals surface area contributed by atoms with E-state index in [4.69, 9.17) is 9.47 Å². The molecule has 0 spiro atoms. The number of anilines is 1. The highest BCUT2D eigenvalue weighted by molar-refractivity contribution is 5.85. The van der Waals surface area contributed by atoms with Gasteiger partial charge in [-0.15, -0.1) is 0 Å². The molecule has 3 aromatic rings. The Labute approximate surface area is 259 Å². The molecule has 1 amide bonds. The summed E-state index contributed by atoms with van der Waals surface area (Å²) < 4.78 is 68.5. The lowest BCUT2D eigenvalue weighted by Crippen LogP contribution is -2.49. The molecule has 3 heterocycles. The van der Waals surface area contributed by atoms with Gasteiger partial charge in [0.25, 0.3) is 0 Å². The number of rotatable bonds is 12. The van der Waals surface area contributed by atoms with Gasteiger partial charge in [0.15, 0.2) is 11.6 Å². The van der Waals surface area contributed by atoms with Crippen LogP contribution in [0, 0.1) is 22.9 Å². The van der Waals surface area contributed by atoms with Crippen molar-refractivity contribution in [3.63, 3.8) is 0 Å². The van der Waals surface area contributed by atoms with Crippen molar-refractivity contribution < 1.29 is 37.0 Å². The van der Waals surface area contributed by atoms with Crippen LogP contribution in [0.25, 0.3) is 10.9 Å². The zero-order chi connectivity index (χ0) is 32.0. The lowest BCUT2D eigenvalue weighted by Gasteiger charge is -2.40. The molecule has 2 fully saturated rings. The van der Waals surface area contributed by atoms with Crippen LogP contribution in [0.15, 0.2) is 36.5 Å². The summed E-state index contributed by atoms with van der Waals surface area (Å²) in [5.74, 6) is -2.99. The van der Waals surface area contributed by atoms with Gasteiger partial charge in [0.05, 0.1) is 31.3 Å². The Hall–Kier alpha value is -3.52. The summed E-state index contributed by atoms with van der Waals surface area (Å²) in [7, 11) is 1.55. The Morgan fingerprint density at radius 3 is 2.47 bits per heavy atom. The van der Waals surface area contributed by atoms with Gasteiger partial charge in [-0.3, -0.25) is 19.9 Å². The minimum atomic E-state index is -1.41. The number of benzene rings is 2. The summed E-state index contributed by atoms with van der Waals surface area (Å²) in [4.78, 5) is 21.8. The molecule has 1 atom stereocenters. The molecule has 0 radical (unpaired) electrons. The van der Waals surface area contributed by atoms with Gasteiger partial charge >= 0.3 is 0 Å². The van der Waals surface area contributed by atoms with E-state index < -0.39 is 40.6 Å². The maximum Gasteiger partial charge on any atom is 0.249 e. The van der Waals surface area contributed by atoms with Crippen molar-refractivity contribution in [2.75, 3.05) is 64.9 Å². The van der Waals surface area contributed by atoms with Gasteiger partial charge in [0.2, 0.25) is 5.91 Å². The summed E-state index contributed by atoms with van der Waals surface area (Å²) >= 11 is 0. The molecule has 1 unspecified atom stereocenters. The number of pyridine rings is 1. The second-order valence-electron chi connectivity index (χ2n) is 11.7. The van der Waals surface area contributed by atoms with E-state index in [1.165, 1.54) is 0 Å². The molecular formula is C32H39F4N5O4. The van der Waals surface area contributed by atoms with Gasteiger partial charge in [0, 0.05) is 62.0 Å². The van der Waals surface area contributed by atoms with Crippen molar-refractivity contribution in [3.05, 3.63) is 65.1 Å². The van der Waals surface area contributed by atoms with E-state index in [1.54, 1.807) is 37.0 Å². The third-order valence-corrected chi connectivity index (χ3v) is 9.02. The Kier molecular flexibility index (Phi) is 10.7. The average Bonchev–Trinajstić information content (AvgIpc) is 3.05. The molecule has 2 aliphatic heterocycles. The van der Waals surface area contributed by atoms with Crippen LogP contribution >= 0.6 is 0 Å². The van der Waals surface area contributed by atoms with Gasteiger partial charge in [0.1, 0.15) is 23.4 Å². The number of piperidine rings is 1. The third kappa shape index (κ3) is 7.66. The summed E-state index contributed by atoms with van der Waals surface area (Å²) in [5.41, 5.74) is 2.33. The number of halogens is 4. The van der Waals surface area contributed by atoms with Crippen LogP contribution < -0.4 is 15.5 Å². The first kappa shape index (κ1) is 32.9. The number of hydroxylamine groups is 1. The predicted octanol–water partition coefficient (Wildman–Crippen LogP) is 4.98. The maximum atomic E-state index is 16.5. The number of carbonyl (C=O) groups is 1. The van der Waals surface area contributed by atoms with Crippen LogP contribution in [0.3, 0.4) is 0 Å². The Balaban J connectivity index is 1.27. The molecular weight excluding hydrogens is 594 g/mol. The number of nitrogens with zero attached hydrogens (tertiary/aromatic N) is 3. The van der Waals surface area contributed by atoms with E-state index in [1.807, 2.05) is 4.90 Å². The molecule has 1 aromatic heterocycles. The lowest BCUT2D eigenvalue weighted by molar-refractivity contribution is -0.143. The van der Waals surface area contributed by atoms with E-state index in [0.717, 1.165) is 18.7 Å². The molecule has 0 aliphatic carbocycles. The van der Waals surface area contributed by atoms with Crippen molar-refractivity contribution in [1.82, 2.24) is 20.3 Å². The van der Waals surface area contributed by atoms with Crippen molar-refractivity contribution in [2.45, 2.75) is 38.4 Å². The summed E-state index contributed by atoms with van der Waals surface area (Å²) in [6, 6.07) is 6.60. The number of methoxy groups -OCH3 is 1. The van der Waals surface area contributed by atoms with Gasteiger partial charge in [-0.25, -0.2) is 23.0 Å². The first-order valence-corrected chi connectivity index (χ1v) is 15.2. The monoisotopic (exact) mass is 633 g/mol. The zero-order valence-corrected chi connectivity index (χ0v) is 25.3. The van der Waals surface area contributed by atoms with Gasteiger partial charge in [-0.1, -0.05) is 0 Å². The van der Waals surface area contributed by atoms with Gasteiger partial charge in [-0.05, 0) is 62.5 Å². The SMILES string of the molecule is COc1ccc2ncc(CN3CCOCC3)c(C(F)CCC3(C(=O)NO)CCN(CCNc4c(F)cc(F)cc4F)CC3)c2c1. The normalized spacial score (nSPS) is 18.1. The number of alkyl halides is 1. The predicted molar refractivity (Wildman–Crippen MR) is 160 cm³/mol. The van der Waals surface area contributed by atoms with Crippen LogP contribution in [0.4, 0.5) is 23.2 Å². The Morgan fingerprint density at radius 2 is 1.80 bits per heavy atom. The number of fused-ring (bicyclic) bond motifs is 1. The first-order chi connectivity index (χ1) is 21.7. The number of ether oxygens (including phenoxy) is 2. The summed E-state index contributed by atoms with van der Waals surface area (Å²) in [6.45, 7) is 4.69. The number of aromatic nitrogens is 1. The number of carbonyl (C=O) groups excluding carboxylic acids is 1. The van der Waals surface area contributed by atoms with Crippen LogP contribution in [-0.2, 0) is 16.1 Å². The summed E-state index contributed by atoms with van der Waals surface area (Å²) in [5, 5.41) is 12.9. The fraction of sp³-hybridized carbons (Fsp3) is 0.500. The van der Waals surface area contributed by atoms with E-state index in [0.29, 0.717) is 86.6 Å². The fourth-order valence-corrected chi connectivity index (χ4v) is 6.37. The quantitative estimate of drug-likeness (QED) is 0.146. The number of hydrogen-bond donors (Lipinski definition) is 3. The van der Waals surface area contributed by atoms with E-state index in [2.05, 4.69) is 15.2 Å². The maximum absolute atomic E-state index is 16.5. The molecule has 5 rings (SSSR count). The molecule has 2 aliphatic rings.